The van der Waals surface area contributed by atoms with E-state index in [1.165, 1.54) is 5.56 Å². The van der Waals surface area contributed by atoms with E-state index in [0.717, 1.165) is 18.1 Å². The van der Waals surface area contributed by atoms with Gasteiger partial charge in [0.05, 0.1) is 33.6 Å². The average Bonchev–Trinajstić information content (AvgIpc) is 3.73. The first kappa shape index (κ1) is 24.9. The van der Waals surface area contributed by atoms with Gasteiger partial charge in [-0.25, -0.2) is 0 Å². The van der Waals surface area contributed by atoms with Gasteiger partial charge in [-0.2, -0.15) is 11.3 Å². The topological polar surface area (TPSA) is 68.2 Å². The maximum absolute atomic E-state index is 12.2. The van der Waals surface area contributed by atoms with Gasteiger partial charge in [0.1, 0.15) is 28.8 Å². The summed E-state index contributed by atoms with van der Waals surface area (Å²) < 4.78 is 22.6. The lowest BCUT2D eigenvalue weighted by Gasteiger charge is -2.28. The maximum atomic E-state index is 12.2. The molecule has 0 fully saturated rings. The van der Waals surface area contributed by atoms with Gasteiger partial charge in [-0.05, 0) is 82.0 Å². The average molecular weight is 516 g/mol. The van der Waals surface area contributed by atoms with Crippen LogP contribution in [0.5, 0.6) is 11.5 Å². The van der Waals surface area contributed by atoms with Gasteiger partial charge in [0, 0.05) is 6.54 Å². The van der Waals surface area contributed by atoms with Crippen molar-refractivity contribution in [1.29, 1.82) is 0 Å². The van der Waals surface area contributed by atoms with Crippen molar-refractivity contribution in [1.82, 2.24) is 4.90 Å². The summed E-state index contributed by atoms with van der Waals surface area (Å²) >= 11 is 1.68. The zero-order valence-electron chi connectivity index (χ0n) is 20.8. The van der Waals surface area contributed by atoms with Crippen LogP contribution < -0.4 is 9.47 Å². The summed E-state index contributed by atoms with van der Waals surface area (Å²) in [6.07, 6.45) is 1.69. The van der Waals surface area contributed by atoms with Gasteiger partial charge in [-0.1, -0.05) is 24.3 Å². The van der Waals surface area contributed by atoms with Gasteiger partial charge >= 0.3 is 0 Å². The van der Waals surface area contributed by atoms with Gasteiger partial charge in [0.15, 0.2) is 5.60 Å². The smallest absolute Gasteiger partial charge is 0.173 e. The lowest BCUT2D eigenvalue weighted by molar-refractivity contribution is 0.0946. The molecule has 3 aromatic heterocycles. The third kappa shape index (κ3) is 5.49. The largest absolute Gasteiger partial charge is 0.497 e. The molecular formula is C30H29NO5S. The SMILES string of the molecule is COc1ccc(C(O)(c2ccc(OC)cc2)c2ccc(CN(Cc3ccsc3)Cc3ccco3)o2)cc1. The summed E-state index contributed by atoms with van der Waals surface area (Å²) in [6, 6.07) is 24.5. The summed E-state index contributed by atoms with van der Waals surface area (Å²) in [5.41, 5.74) is 1.07. The van der Waals surface area contributed by atoms with Crippen LogP contribution in [0.15, 0.2) is 105 Å². The van der Waals surface area contributed by atoms with Crippen LogP contribution >= 0.6 is 11.3 Å². The number of benzene rings is 2. The van der Waals surface area contributed by atoms with E-state index in [0.29, 0.717) is 41.5 Å². The first-order chi connectivity index (χ1) is 18.1. The Bertz CT molecular complexity index is 1290. The fourth-order valence-corrected chi connectivity index (χ4v) is 5.08. The minimum absolute atomic E-state index is 0.436. The van der Waals surface area contributed by atoms with E-state index in [4.69, 9.17) is 18.3 Å². The van der Waals surface area contributed by atoms with E-state index < -0.39 is 5.60 Å². The molecule has 37 heavy (non-hydrogen) atoms. The summed E-state index contributed by atoms with van der Waals surface area (Å²) in [5, 5.41) is 16.4. The zero-order valence-corrected chi connectivity index (χ0v) is 21.6. The van der Waals surface area contributed by atoms with Gasteiger partial charge in [0.25, 0.3) is 0 Å². The predicted molar refractivity (Wildman–Crippen MR) is 143 cm³/mol. The second kappa shape index (κ2) is 11.1. The molecule has 190 valence electrons. The molecule has 0 atom stereocenters. The van der Waals surface area contributed by atoms with Gasteiger partial charge in [-0.3, -0.25) is 4.90 Å². The molecule has 0 saturated heterocycles. The van der Waals surface area contributed by atoms with Crippen LogP contribution in [0.4, 0.5) is 0 Å². The molecule has 2 aromatic carbocycles. The van der Waals surface area contributed by atoms with E-state index in [2.05, 4.69) is 21.7 Å². The molecule has 1 N–H and O–H groups in total. The Morgan fingerprint density at radius 1 is 0.784 bits per heavy atom. The highest BCUT2D eigenvalue weighted by molar-refractivity contribution is 7.07. The summed E-state index contributed by atoms with van der Waals surface area (Å²) in [5.74, 6) is 3.49. The van der Waals surface area contributed by atoms with E-state index >= 15 is 0 Å². The van der Waals surface area contributed by atoms with E-state index in [1.807, 2.05) is 72.8 Å². The number of hydrogen-bond donors (Lipinski definition) is 1. The molecule has 0 aliphatic carbocycles. The Kier molecular flexibility index (Phi) is 7.46. The molecule has 5 rings (SSSR count). The summed E-state index contributed by atoms with van der Waals surface area (Å²) in [6.45, 7) is 1.94. The first-order valence-corrected chi connectivity index (χ1v) is 12.9. The van der Waals surface area contributed by atoms with Crippen molar-refractivity contribution >= 4 is 11.3 Å². The summed E-state index contributed by atoms with van der Waals surface area (Å²) in [4.78, 5) is 2.25. The fourth-order valence-electron chi connectivity index (χ4n) is 4.42. The molecule has 3 heterocycles. The highest BCUT2D eigenvalue weighted by Crippen LogP contribution is 2.39. The first-order valence-electron chi connectivity index (χ1n) is 11.9. The van der Waals surface area contributed by atoms with Crippen molar-refractivity contribution in [2.24, 2.45) is 0 Å². The fraction of sp³-hybridized carbons (Fsp3) is 0.200. The number of rotatable bonds is 11. The molecule has 7 heteroatoms. The molecule has 0 amide bonds. The number of hydrogen-bond acceptors (Lipinski definition) is 7. The van der Waals surface area contributed by atoms with Crippen LogP contribution in [-0.2, 0) is 25.2 Å². The molecule has 6 nitrogen and oxygen atoms in total. The van der Waals surface area contributed by atoms with E-state index in [9.17, 15) is 5.11 Å². The molecule has 0 radical (unpaired) electrons. The van der Waals surface area contributed by atoms with Crippen molar-refractivity contribution in [2.75, 3.05) is 14.2 Å². The molecule has 0 aliphatic heterocycles. The second-order valence-corrected chi connectivity index (χ2v) is 9.57. The molecular weight excluding hydrogens is 486 g/mol. The standard InChI is InChI=1S/C30H29NO5S/c1-33-25-9-5-23(6-10-25)30(32,24-7-11-26(34-2)12-8-24)29-14-13-28(36-29)20-31(18-22-15-17-37-21-22)19-27-4-3-16-35-27/h3-17,21,32H,18-20H2,1-2H3. The number of nitrogens with zero attached hydrogens (tertiary/aromatic N) is 1. The van der Waals surface area contributed by atoms with Crippen molar-refractivity contribution in [3.8, 4) is 11.5 Å². The van der Waals surface area contributed by atoms with Crippen LogP contribution in [-0.4, -0.2) is 24.2 Å². The predicted octanol–water partition coefficient (Wildman–Crippen LogP) is 6.44. The third-order valence-corrected chi connectivity index (χ3v) is 7.09. The third-order valence-electron chi connectivity index (χ3n) is 6.36. The Labute approximate surface area is 220 Å². The van der Waals surface area contributed by atoms with Crippen molar-refractivity contribution in [2.45, 2.75) is 25.2 Å². The molecule has 0 unspecified atom stereocenters. The lowest BCUT2D eigenvalue weighted by Crippen LogP contribution is -2.28. The maximum Gasteiger partial charge on any atom is 0.173 e. The van der Waals surface area contributed by atoms with Crippen molar-refractivity contribution in [3.63, 3.8) is 0 Å². The number of aliphatic hydroxyl groups is 1. The van der Waals surface area contributed by atoms with Crippen LogP contribution in [0.1, 0.15) is 34.0 Å². The Balaban J connectivity index is 1.47. The van der Waals surface area contributed by atoms with E-state index in [-0.39, 0.29) is 0 Å². The molecule has 0 saturated carbocycles. The van der Waals surface area contributed by atoms with Crippen LogP contribution in [0.3, 0.4) is 0 Å². The second-order valence-electron chi connectivity index (χ2n) is 8.79. The minimum Gasteiger partial charge on any atom is -0.497 e. The van der Waals surface area contributed by atoms with Crippen LogP contribution in [0, 0.1) is 0 Å². The number of ether oxygens (including phenoxy) is 2. The highest BCUT2D eigenvalue weighted by Gasteiger charge is 2.37. The zero-order chi connectivity index (χ0) is 25.7. The highest BCUT2D eigenvalue weighted by atomic mass is 32.1. The van der Waals surface area contributed by atoms with Crippen molar-refractivity contribution < 1.29 is 23.4 Å². The number of methoxy groups -OCH3 is 2. The number of furan rings is 2. The Hall–Kier alpha value is -3.78. The quantitative estimate of drug-likeness (QED) is 0.218. The summed E-state index contributed by atoms with van der Waals surface area (Å²) in [7, 11) is 3.24. The minimum atomic E-state index is -1.50. The normalized spacial score (nSPS) is 11.7. The Morgan fingerprint density at radius 3 is 1.97 bits per heavy atom. The van der Waals surface area contributed by atoms with Crippen molar-refractivity contribution in [3.05, 3.63) is 130 Å². The van der Waals surface area contributed by atoms with Crippen LogP contribution in [0.2, 0.25) is 0 Å². The molecule has 0 bridgehead atoms. The van der Waals surface area contributed by atoms with Crippen LogP contribution in [0.25, 0.3) is 0 Å². The number of thiophene rings is 1. The van der Waals surface area contributed by atoms with Gasteiger partial charge in [-0.15, -0.1) is 0 Å². The molecule has 5 aromatic rings. The monoisotopic (exact) mass is 515 g/mol. The van der Waals surface area contributed by atoms with E-state index in [1.54, 1.807) is 31.8 Å². The van der Waals surface area contributed by atoms with Gasteiger partial charge in [0.2, 0.25) is 0 Å². The molecule has 0 aliphatic rings. The van der Waals surface area contributed by atoms with Gasteiger partial charge < -0.3 is 23.4 Å². The molecule has 0 spiro atoms. The lowest BCUT2D eigenvalue weighted by atomic mass is 9.84. The Morgan fingerprint density at radius 2 is 1.43 bits per heavy atom.